The molecular weight excluding hydrogens is 404 g/mol. The molecule has 0 spiro atoms. The van der Waals surface area contributed by atoms with E-state index in [-0.39, 0.29) is 12.1 Å². The minimum Gasteiger partial charge on any atom is -0.497 e. The van der Waals surface area contributed by atoms with Crippen LogP contribution in [0.1, 0.15) is 61.5 Å². The van der Waals surface area contributed by atoms with E-state index in [2.05, 4.69) is 50.4 Å². The van der Waals surface area contributed by atoms with Crippen molar-refractivity contribution in [3.05, 3.63) is 78.4 Å². The van der Waals surface area contributed by atoms with Crippen molar-refractivity contribution in [2.24, 2.45) is 0 Å². The molecule has 0 bridgehead atoms. The summed E-state index contributed by atoms with van der Waals surface area (Å²) in [7, 11) is 1.69. The van der Waals surface area contributed by atoms with Crippen LogP contribution in [-0.4, -0.2) is 21.8 Å². The Morgan fingerprint density at radius 2 is 1.94 bits per heavy atom. The molecule has 6 heteroatoms. The van der Waals surface area contributed by atoms with Gasteiger partial charge in [0.25, 0.3) is 0 Å². The topological polar surface area (TPSA) is 42.3 Å². The lowest BCUT2D eigenvalue weighted by Gasteiger charge is -2.28. The van der Waals surface area contributed by atoms with Crippen LogP contribution in [0.4, 0.5) is 5.69 Å². The number of hydrogen-bond acceptors (Lipinski definition) is 3. The Kier molecular flexibility index (Phi) is 5.64. The summed E-state index contributed by atoms with van der Waals surface area (Å²) in [6, 6.07) is 17.0. The van der Waals surface area contributed by atoms with Gasteiger partial charge in [-0.05, 0) is 61.0 Å². The van der Waals surface area contributed by atoms with Crippen molar-refractivity contribution in [2.75, 3.05) is 12.0 Å². The number of nitrogens with one attached hydrogen (secondary N) is 1. The predicted molar refractivity (Wildman–Crippen MR) is 127 cm³/mol. The lowest BCUT2D eigenvalue weighted by atomic mass is 9.95. The van der Waals surface area contributed by atoms with Gasteiger partial charge >= 0.3 is 0 Å². The first-order chi connectivity index (χ1) is 15.2. The number of pyridine rings is 1. The smallest absolute Gasteiger partial charge is 0.174 e. The molecular formula is C25H28N4OS. The summed E-state index contributed by atoms with van der Waals surface area (Å²) < 4.78 is 7.89. The third-order valence-electron chi connectivity index (χ3n) is 6.50. The minimum absolute atomic E-state index is 0.0133. The third-order valence-corrected chi connectivity index (χ3v) is 6.82. The molecule has 1 N–H and O–H groups in total. The Bertz CT molecular complexity index is 1040. The van der Waals surface area contributed by atoms with Gasteiger partial charge in [-0.25, -0.2) is 0 Å². The molecule has 5 nitrogen and oxygen atoms in total. The van der Waals surface area contributed by atoms with Crippen LogP contribution in [-0.2, 0) is 0 Å². The van der Waals surface area contributed by atoms with Crippen LogP contribution in [0.15, 0.2) is 67.1 Å². The zero-order valence-electron chi connectivity index (χ0n) is 17.8. The molecule has 2 aromatic heterocycles. The van der Waals surface area contributed by atoms with E-state index >= 15 is 0 Å². The van der Waals surface area contributed by atoms with Gasteiger partial charge in [0.15, 0.2) is 5.11 Å². The number of nitrogens with zero attached hydrogens (tertiary/aromatic N) is 3. The lowest BCUT2D eigenvalue weighted by molar-refractivity contribution is 0.353. The first kappa shape index (κ1) is 20.1. The van der Waals surface area contributed by atoms with E-state index in [1.807, 2.05) is 36.5 Å². The van der Waals surface area contributed by atoms with Gasteiger partial charge < -0.3 is 19.5 Å². The molecule has 5 rings (SSSR count). The summed E-state index contributed by atoms with van der Waals surface area (Å²) in [4.78, 5) is 6.86. The number of rotatable bonds is 5. The van der Waals surface area contributed by atoms with E-state index in [9.17, 15) is 0 Å². The molecule has 3 aromatic rings. The van der Waals surface area contributed by atoms with Crippen LogP contribution in [0.3, 0.4) is 0 Å². The first-order valence-electron chi connectivity index (χ1n) is 11.1. The van der Waals surface area contributed by atoms with E-state index in [0.29, 0.717) is 11.2 Å². The zero-order chi connectivity index (χ0) is 21.2. The molecule has 1 saturated carbocycles. The Hall–Kier alpha value is -2.86. The number of benzene rings is 1. The Morgan fingerprint density at radius 3 is 2.71 bits per heavy atom. The number of aromatic nitrogens is 2. The van der Waals surface area contributed by atoms with E-state index in [1.54, 1.807) is 7.11 Å². The quantitative estimate of drug-likeness (QED) is 0.534. The monoisotopic (exact) mass is 432 g/mol. The molecule has 0 amide bonds. The van der Waals surface area contributed by atoms with E-state index in [1.165, 1.54) is 37.7 Å². The lowest BCUT2D eigenvalue weighted by Crippen LogP contribution is -2.29. The van der Waals surface area contributed by atoms with Crippen LogP contribution in [0.25, 0.3) is 0 Å². The summed E-state index contributed by atoms with van der Waals surface area (Å²) in [5.41, 5.74) is 3.26. The van der Waals surface area contributed by atoms with Gasteiger partial charge in [0.1, 0.15) is 5.75 Å². The number of thiocarbonyl (C=S) groups is 1. The maximum Gasteiger partial charge on any atom is 0.174 e. The van der Waals surface area contributed by atoms with Gasteiger partial charge in [-0.15, -0.1) is 0 Å². The van der Waals surface area contributed by atoms with Crippen molar-refractivity contribution < 1.29 is 4.74 Å². The van der Waals surface area contributed by atoms with E-state index in [4.69, 9.17) is 17.0 Å². The fourth-order valence-electron chi connectivity index (χ4n) is 4.94. The number of ether oxygens (including phenoxy) is 1. The van der Waals surface area contributed by atoms with Gasteiger partial charge in [-0.1, -0.05) is 31.4 Å². The van der Waals surface area contributed by atoms with E-state index < -0.39 is 0 Å². The largest absolute Gasteiger partial charge is 0.497 e. The molecule has 2 aliphatic rings. The molecule has 1 aliphatic heterocycles. The van der Waals surface area contributed by atoms with Crippen molar-refractivity contribution in [2.45, 2.75) is 50.2 Å². The Labute approximate surface area is 189 Å². The van der Waals surface area contributed by atoms with Crippen molar-refractivity contribution in [1.29, 1.82) is 0 Å². The number of methoxy groups -OCH3 is 1. The number of anilines is 1. The second-order valence-corrected chi connectivity index (χ2v) is 8.77. The normalized spacial score (nSPS) is 21.8. The maximum absolute atomic E-state index is 5.83. The van der Waals surface area contributed by atoms with Gasteiger partial charge in [0.05, 0.1) is 24.9 Å². The SMILES string of the molecule is COc1cccc(N2C(=S)N[C@@H](c3ccccn3)[C@H]2c2ccn(C3CCCCC3)c2)c1. The average Bonchev–Trinajstić information content (AvgIpc) is 3.45. The van der Waals surface area contributed by atoms with Crippen molar-refractivity contribution in [3.8, 4) is 5.75 Å². The molecule has 2 fully saturated rings. The molecule has 2 atom stereocenters. The summed E-state index contributed by atoms with van der Waals surface area (Å²) >= 11 is 5.83. The highest BCUT2D eigenvalue weighted by molar-refractivity contribution is 7.80. The standard InChI is InChI=1S/C25H28N4OS/c1-30-21-11-7-10-20(16-21)29-24(23(27-25(29)31)22-12-5-6-14-26-22)18-13-15-28(17-18)19-8-3-2-4-9-19/h5-7,10-17,19,23-24H,2-4,8-9H2,1H3,(H,27,31)/t23-,24+/m0/s1. The highest BCUT2D eigenvalue weighted by atomic mass is 32.1. The minimum atomic E-state index is -0.0258. The molecule has 31 heavy (non-hydrogen) atoms. The number of hydrogen-bond donors (Lipinski definition) is 1. The van der Waals surface area contributed by atoms with E-state index in [0.717, 1.165) is 17.1 Å². The van der Waals surface area contributed by atoms with Crippen molar-refractivity contribution >= 4 is 23.0 Å². The molecule has 0 unspecified atom stereocenters. The van der Waals surface area contributed by atoms with Crippen LogP contribution in [0, 0.1) is 0 Å². The fourth-order valence-corrected chi connectivity index (χ4v) is 5.29. The van der Waals surface area contributed by atoms with Gasteiger partial charge in [-0.3, -0.25) is 4.98 Å². The second-order valence-electron chi connectivity index (χ2n) is 8.38. The molecule has 3 heterocycles. The summed E-state index contributed by atoms with van der Waals surface area (Å²) in [6.07, 6.45) is 12.9. The maximum atomic E-state index is 5.83. The highest BCUT2D eigenvalue weighted by Crippen LogP contribution is 2.42. The summed E-state index contributed by atoms with van der Waals surface area (Å²) in [5, 5.41) is 4.25. The molecule has 0 radical (unpaired) electrons. The van der Waals surface area contributed by atoms with Gasteiger partial charge in [0, 0.05) is 36.4 Å². The summed E-state index contributed by atoms with van der Waals surface area (Å²) in [6.45, 7) is 0. The predicted octanol–water partition coefficient (Wildman–Crippen LogP) is 5.57. The van der Waals surface area contributed by atoms with Gasteiger partial charge in [0.2, 0.25) is 0 Å². The summed E-state index contributed by atoms with van der Waals surface area (Å²) in [5.74, 6) is 0.820. The second kappa shape index (κ2) is 8.71. The fraction of sp³-hybridized carbons (Fsp3) is 0.360. The molecule has 1 aromatic carbocycles. The van der Waals surface area contributed by atoms with Crippen LogP contribution in [0.5, 0.6) is 5.75 Å². The molecule has 1 saturated heterocycles. The van der Waals surface area contributed by atoms with Gasteiger partial charge in [-0.2, -0.15) is 0 Å². The van der Waals surface area contributed by atoms with Crippen molar-refractivity contribution in [1.82, 2.24) is 14.9 Å². The van der Waals surface area contributed by atoms with Crippen LogP contribution in [0.2, 0.25) is 0 Å². The Morgan fingerprint density at radius 1 is 1.06 bits per heavy atom. The molecule has 160 valence electrons. The van der Waals surface area contributed by atoms with Crippen LogP contribution < -0.4 is 15.0 Å². The average molecular weight is 433 g/mol. The zero-order valence-corrected chi connectivity index (χ0v) is 18.6. The Balaban J connectivity index is 1.55. The first-order valence-corrected chi connectivity index (χ1v) is 11.5. The third kappa shape index (κ3) is 3.92. The van der Waals surface area contributed by atoms with Crippen LogP contribution >= 0.6 is 12.2 Å². The highest BCUT2D eigenvalue weighted by Gasteiger charge is 2.41. The van der Waals surface area contributed by atoms with Crippen molar-refractivity contribution in [3.63, 3.8) is 0 Å². The molecule has 1 aliphatic carbocycles.